The van der Waals surface area contributed by atoms with Gasteiger partial charge in [-0.3, -0.25) is 9.59 Å². The van der Waals surface area contributed by atoms with Gasteiger partial charge in [0.05, 0.1) is 18.1 Å². The Kier molecular flexibility index (Phi) is 8.89. The molecule has 0 bridgehead atoms. The molecule has 0 aliphatic rings. The molecule has 2 aromatic rings. The van der Waals surface area contributed by atoms with E-state index < -0.39 is 0 Å². The SMILES string of the molecule is CCCNC(=O)CSc1nnc(SC(C)C(=O)Nc2ccc(OC)cc2)s1. The van der Waals surface area contributed by atoms with Gasteiger partial charge in [0, 0.05) is 12.2 Å². The normalized spacial score (nSPS) is 11.7. The zero-order valence-electron chi connectivity index (χ0n) is 15.4. The molecule has 0 saturated carbocycles. The zero-order valence-corrected chi connectivity index (χ0v) is 17.8. The minimum Gasteiger partial charge on any atom is -0.497 e. The minimum absolute atomic E-state index is 0.0153. The van der Waals surface area contributed by atoms with Crippen LogP contribution < -0.4 is 15.4 Å². The van der Waals surface area contributed by atoms with Crippen molar-refractivity contribution in [3.05, 3.63) is 24.3 Å². The molecule has 146 valence electrons. The number of amides is 2. The summed E-state index contributed by atoms with van der Waals surface area (Å²) in [7, 11) is 1.60. The number of ether oxygens (including phenoxy) is 1. The van der Waals surface area contributed by atoms with E-state index in [0.29, 0.717) is 26.7 Å². The van der Waals surface area contributed by atoms with Gasteiger partial charge in [0.25, 0.3) is 0 Å². The van der Waals surface area contributed by atoms with E-state index in [0.717, 1.165) is 12.2 Å². The number of carbonyl (C=O) groups is 2. The molecule has 10 heteroatoms. The average molecular weight is 427 g/mol. The highest BCUT2D eigenvalue weighted by molar-refractivity contribution is 8.04. The first kappa shape index (κ1) is 21.5. The quantitative estimate of drug-likeness (QED) is 0.563. The summed E-state index contributed by atoms with van der Waals surface area (Å²) in [5.41, 5.74) is 0.708. The number of carbonyl (C=O) groups excluding carboxylic acids is 2. The molecule has 0 saturated heterocycles. The molecular formula is C17H22N4O3S3. The van der Waals surface area contributed by atoms with E-state index in [9.17, 15) is 9.59 Å². The van der Waals surface area contributed by atoms with E-state index in [-0.39, 0.29) is 17.1 Å². The van der Waals surface area contributed by atoms with Gasteiger partial charge in [-0.05, 0) is 37.6 Å². The molecule has 0 radical (unpaired) electrons. The van der Waals surface area contributed by atoms with Crippen LogP contribution >= 0.6 is 34.9 Å². The van der Waals surface area contributed by atoms with Gasteiger partial charge in [-0.1, -0.05) is 41.8 Å². The van der Waals surface area contributed by atoms with Crippen molar-refractivity contribution < 1.29 is 14.3 Å². The minimum atomic E-state index is -0.328. The highest BCUT2D eigenvalue weighted by Gasteiger charge is 2.18. The van der Waals surface area contributed by atoms with Crippen LogP contribution in [0.5, 0.6) is 5.75 Å². The van der Waals surface area contributed by atoms with E-state index >= 15 is 0 Å². The van der Waals surface area contributed by atoms with Crippen molar-refractivity contribution >= 4 is 52.4 Å². The lowest BCUT2D eigenvalue weighted by molar-refractivity contribution is -0.118. The molecule has 0 spiro atoms. The number of rotatable bonds is 10. The van der Waals surface area contributed by atoms with Crippen molar-refractivity contribution in [2.24, 2.45) is 0 Å². The topological polar surface area (TPSA) is 93.2 Å². The first-order chi connectivity index (χ1) is 13.0. The van der Waals surface area contributed by atoms with Gasteiger partial charge in [-0.2, -0.15) is 0 Å². The summed E-state index contributed by atoms with van der Waals surface area (Å²) in [4.78, 5) is 24.0. The third-order valence-electron chi connectivity index (χ3n) is 3.29. The molecule has 1 unspecified atom stereocenters. The molecule has 1 atom stereocenters. The molecule has 7 nitrogen and oxygen atoms in total. The number of aromatic nitrogens is 2. The van der Waals surface area contributed by atoms with E-state index in [4.69, 9.17) is 4.74 Å². The Morgan fingerprint density at radius 1 is 1.22 bits per heavy atom. The lowest BCUT2D eigenvalue weighted by Crippen LogP contribution is -2.25. The second kappa shape index (κ2) is 11.2. The van der Waals surface area contributed by atoms with Gasteiger partial charge in [-0.25, -0.2) is 0 Å². The van der Waals surface area contributed by atoms with Gasteiger partial charge >= 0.3 is 0 Å². The maximum Gasteiger partial charge on any atom is 0.237 e. The summed E-state index contributed by atoms with van der Waals surface area (Å²) in [5.74, 6) is 0.914. The summed E-state index contributed by atoms with van der Waals surface area (Å²) in [6.45, 7) is 4.50. The zero-order chi connectivity index (χ0) is 19.6. The van der Waals surface area contributed by atoms with Gasteiger partial charge < -0.3 is 15.4 Å². The second-order valence-electron chi connectivity index (χ2n) is 5.45. The van der Waals surface area contributed by atoms with Crippen LogP contribution in [0.15, 0.2) is 32.9 Å². The van der Waals surface area contributed by atoms with Crippen LogP contribution in [0.3, 0.4) is 0 Å². The Morgan fingerprint density at radius 2 is 1.93 bits per heavy atom. The Morgan fingerprint density at radius 3 is 2.59 bits per heavy atom. The van der Waals surface area contributed by atoms with Crippen molar-refractivity contribution in [3.8, 4) is 5.75 Å². The van der Waals surface area contributed by atoms with Crippen LogP contribution in [0.25, 0.3) is 0 Å². The number of nitrogens with one attached hydrogen (secondary N) is 2. The third kappa shape index (κ3) is 7.39. The van der Waals surface area contributed by atoms with E-state index in [1.807, 2.05) is 13.8 Å². The van der Waals surface area contributed by atoms with Crippen LogP contribution in [0.4, 0.5) is 5.69 Å². The fraction of sp³-hybridized carbons (Fsp3) is 0.412. The maximum atomic E-state index is 12.3. The molecule has 2 amide bonds. The second-order valence-corrected chi connectivity index (χ2v) is 9.24. The van der Waals surface area contributed by atoms with Crippen molar-refractivity contribution in [2.75, 3.05) is 24.7 Å². The van der Waals surface area contributed by atoms with Crippen molar-refractivity contribution in [2.45, 2.75) is 34.2 Å². The summed E-state index contributed by atoms with van der Waals surface area (Å²) in [5, 5.41) is 13.5. The largest absolute Gasteiger partial charge is 0.497 e. The fourth-order valence-electron chi connectivity index (χ4n) is 1.87. The third-order valence-corrected chi connectivity index (χ3v) is 6.53. The number of hydrogen-bond donors (Lipinski definition) is 2. The van der Waals surface area contributed by atoms with Gasteiger partial charge in [0.15, 0.2) is 8.68 Å². The number of hydrogen-bond acceptors (Lipinski definition) is 8. The predicted octanol–water partition coefficient (Wildman–Crippen LogP) is 3.28. The summed E-state index contributed by atoms with van der Waals surface area (Å²) >= 11 is 4.07. The lowest BCUT2D eigenvalue weighted by Gasteiger charge is -2.10. The predicted molar refractivity (Wildman–Crippen MR) is 111 cm³/mol. The molecular weight excluding hydrogens is 404 g/mol. The van der Waals surface area contributed by atoms with Gasteiger partial charge in [0.2, 0.25) is 11.8 Å². The summed E-state index contributed by atoms with van der Waals surface area (Å²) < 4.78 is 6.51. The van der Waals surface area contributed by atoms with Crippen molar-refractivity contribution in [3.63, 3.8) is 0 Å². The first-order valence-corrected chi connectivity index (χ1v) is 11.0. The smallest absolute Gasteiger partial charge is 0.237 e. The molecule has 0 aliphatic heterocycles. The van der Waals surface area contributed by atoms with Crippen LogP contribution in [0.1, 0.15) is 20.3 Å². The van der Waals surface area contributed by atoms with Crippen LogP contribution in [-0.2, 0) is 9.59 Å². The Bertz CT molecular complexity index is 752. The molecule has 1 aromatic carbocycles. The number of benzene rings is 1. The number of methoxy groups -OCH3 is 1. The molecule has 0 fully saturated rings. The average Bonchev–Trinajstić information content (AvgIpc) is 3.12. The number of nitrogens with zero attached hydrogens (tertiary/aromatic N) is 2. The molecule has 27 heavy (non-hydrogen) atoms. The van der Waals surface area contributed by atoms with Gasteiger partial charge in [0.1, 0.15) is 5.75 Å². The van der Waals surface area contributed by atoms with Crippen LogP contribution in [0, 0.1) is 0 Å². The highest BCUT2D eigenvalue weighted by atomic mass is 32.2. The number of anilines is 1. The molecule has 2 rings (SSSR count). The van der Waals surface area contributed by atoms with Crippen molar-refractivity contribution in [1.82, 2.24) is 15.5 Å². The molecule has 1 heterocycles. The standard InChI is InChI=1S/C17H22N4O3S3/c1-4-9-18-14(22)10-25-16-20-21-17(27-16)26-11(2)15(23)19-12-5-7-13(24-3)8-6-12/h5-8,11H,4,9-10H2,1-3H3,(H,18,22)(H,19,23). The summed E-state index contributed by atoms with van der Waals surface area (Å²) in [6.07, 6.45) is 0.909. The van der Waals surface area contributed by atoms with E-state index in [1.54, 1.807) is 31.4 Å². The van der Waals surface area contributed by atoms with E-state index in [2.05, 4.69) is 20.8 Å². The van der Waals surface area contributed by atoms with Crippen molar-refractivity contribution in [1.29, 1.82) is 0 Å². The Hall–Kier alpha value is -1.78. The number of thioether (sulfide) groups is 2. The van der Waals surface area contributed by atoms with E-state index in [1.165, 1.54) is 34.9 Å². The van der Waals surface area contributed by atoms with Gasteiger partial charge in [-0.15, -0.1) is 10.2 Å². The monoisotopic (exact) mass is 426 g/mol. The lowest BCUT2D eigenvalue weighted by atomic mass is 10.3. The molecule has 1 aromatic heterocycles. The Labute approximate surface area is 171 Å². The maximum absolute atomic E-state index is 12.3. The Balaban J connectivity index is 1.80. The molecule has 2 N–H and O–H groups in total. The fourth-order valence-corrected chi connectivity index (χ4v) is 4.86. The van der Waals surface area contributed by atoms with Crippen LogP contribution in [0.2, 0.25) is 0 Å². The van der Waals surface area contributed by atoms with Crippen LogP contribution in [-0.4, -0.2) is 46.7 Å². The first-order valence-electron chi connectivity index (χ1n) is 8.36. The highest BCUT2D eigenvalue weighted by Crippen LogP contribution is 2.31. The molecule has 0 aliphatic carbocycles. The summed E-state index contributed by atoms with van der Waals surface area (Å²) in [6, 6.07) is 7.16.